The van der Waals surface area contributed by atoms with Gasteiger partial charge in [0.15, 0.2) is 0 Å². The zero-order valence-electron chi connectivity index (χ0n) is 10.2. The zero-order chi connectivity index (χ0) is 12.8. The van der Waals surface area contributed by atoms with Crippen LogP contribution >= 0.6 is 0 Å². The Bertz CT molecular complexity index is 361. The summed E-state index contributed by atoms with van der Waals surface area (Å²) in [5.41, 5.74) is 7.03. The van der Waals surface area contributed by atoms with E-state index in [1.54, 1.807) is 24.3 Å². The number of benzene rings is 1. The Morgan fingerprint density at radius 2 is 2.00 bits per heavy atom. The number of methoxy groups -OCH3 is 1. The average Bonchev–Trinajstić information content (AvgIpc) is 2.37. The summed E-state index contributed by atoms with van der Waals surface area (Å²) in [4.78, 5) is 11.2. The van der Waals surface area contributed by atoms with E-state index < -0.39 is 6.10 Å². The van der Waals surface area contributed by atoms with Crippen LogP contribution in [0.2, 0.25) is 0 Å². The van der Waals surface area contributed by atoms with Crippen molar-refractivity contribution in [1.82, 2.24) is 0 Å². The van der Waals surface area contributed by atoms with Gasteiger partial charge in [-0.2, -0.15) is 0 Å². The SMILES string of the molecule is CCCC(N)C(O)c1ccc(C(=O)OC)cc1. The molecule has 2 unspecified atom stereocenters. The minimum absolute atomic E-state index is 0.274. The Morgan fingerprint density at radius 3 is 2.47 bits per heavy atom. The molecule has 94 valence electrons. The van der Waals surface area contributed by atoms with Gasteiger partial charge in [0.2, 0.25) is 0 Å². The van der Waals surface area contributed by atoms with Gasteiger partial charge in [0.25, 0.3) is 0 Å². The monoisotopic (exact) mass is 237 g/mol. The van der Waals surface area contributed by atoms with Crippen LogP contribution in [-0.4, -0.2) is 24.2 Å². The van der Waals surface area contributed by atoms with E-state index in [9.17, 15) is 9.90 Å². The number of carbonyl (C=O) groups is 1. The smallest absolute Gasteiger partial charge is 0.337 e. The Hall–Kier alpha value is -1.39. The van der Waals surface area contributed by atoms with Crippen LogP contribution in [0.5, 0.6) is 0 Å². The molecule has 0 aliphatic heterocycles. The third kappa shape index (κ3) is 3.54. The number of aliphatic hydroxyl groups excluding tert-OH is 1. The predicted octanol–water partition coefficient (Wildman–Crippen LogP) is 1.63. The summed E-state index contributed by atoms with van der Waals surface area (Å²) in [6.45, 7) is 2.02. The molecule has 1 aromatic rings. The van der Waals surface area contributed by atoms with Crippen LogP contribution in [0.15, 0.2) is 24.3 Å². The van der Waals surface area contributed by atoms with Crippen molar-refractivity contribution >= 4 is 5.97 Å². The lowest BCUT2D eigenvalue weighted by atomic mass is 9.98. The van der Waals surface area contributed by atoms with Gasteiger partial charge < -0.3 is 15.6 Å². The van der Waals surface area contributed by atoms with Crippen LogP contribution in [0.4, 0.5) is 0 Å². The molecule has 0 amide bonds. The van der Waals surface area contributed by atoms with Gasteiger partial charge >= 0.3 is 5.97 Å². The van der Waals surface area contributed by atoms with Crippen LogP contribution in [-0.2, 0) is 4.74 Å². The van der Waals surface area contributed by atoms with Gasteiger partial charge in [0.05, 0.1) is 18.8 Å². The summed E-state index contributed by atoms with van der Waals surface area (Å²) >= 11 is 0. The van der Waals surface area contributed by atoms with Gasteiger partial charge in [0.1, 0.15) is 0 Å². The number of hydrogen-bond acceptors (Lipinski definition) is 4. The summed E-state index contributed by atoms with van der Waals surface area (Å²) < 4.78 is 4.60. The molecule has 0 bridgehead atoms. The molecule has 0 fully saturated rings. The summed E-state index contributed by atoms with van der Waals surface area (Å²) in [7, 11) is 1.34. The first-order valence-electron chi connectivity index (χ1n) is 5.72. The fourth-order valence-corrected chi connectivity index (χ4v) is 1.67. The number of aliphatic hydroxyl groups is 1. The van der Waals surface area contributed by atoms with E-state index >= 15 is 0 Å². The molecule has 0 radical (unpaired) electrons. The van der Waals surface area contributed by atoms with Gasteiger partial charge in [-0.05, 0) is 24.1 Å². The second-order valence-electron chi connectivity index (χ2n) is 4.01. The molecule has 4 nitrogen and oxygen atoms in total. The van der Waals surface area contributed by atoms with Crippen molar-refractivity contribution in [2.45, 2.75) is 31.9 Å². The Kier molecular flexibility index (Phi) is 5.12. The van der Waals surface area contributed by atoms with E-state index in [-0.39, 0.29) is 12.0 Å². The van der Waals surface area contributed by atoms with E-state index in [0.717, 1.165) is 18.4 Å². The summed E-state index contributed by atoms with van der Waals surface area (Å²) in [6.07, 6.45) is 1.000. The van der Waals surface area contributed by atoms with Crippen molar-refractivity contribution in [3.05, 3.63) is 35.4 Å². The maximum atomic E-state index is 11.2. The summed E-state index contributed by atoms with van der Waals surface area (Å²) in [5, 5.41) is 9.97. The molecule has 0 aromatic heterocycles. The van der Waals surface area contributed by atoms with Crippen LogP contribution in [0, 0.1) is 0 Å². The molecule has 17 heavy (non-hydrogen) atoms. The molecule has 0 saturated heterocycles. The fourth-order valence-electron chi connectivity index (χ4n) is 1.67. The first-order valence-corrected chi connectivity index (χ1v) is 5.72. The largest absolute Gasteiger partial charge is 0.465 e. The highest BCUT2D eigenvalue weighted by Gasteiger charge is 2.16. The minimum atomic E-state index is -0.693. The van der Waals surface area contributed by atoms with Gasteiger partial charge in [-0.3, -0.25) is 0 Å². The van der Waals surface area contributed by atoms with Crippen molar-refractivity contribution in [2.24, 2.45) is 5.73 Å². The Balaban J connectivity index is 2.76. The molecular weight excluding hydrogens is 218 g/mol. The molecule has 1 rings (SSSR count). The van der Waals surface area contributed by atoms with Crippen LogP contribution in [0.25, 0.3) is 0 Å². The normalized spacial score (nSPS) is 14.1. The van der Waals surface area contributed by atoms with Crippen LogP contribution < -0.4 is 5.73 Å². The molecule has 0 saturated carbocycles. The number of hydrogen-bond donors (Lipinski definition) is 2. The van der Waals surface area contributed by atoms with Crippen molar-refractivity contribution < 1.29 is 14.6 Å². The highest BCUT2D eigenvalue weighted by atomic mass is 16.5. The summed E-state index contributed by atoms with van der Waals surface area (Å²) in [5.74, 6) is -0.385. The predicted molar refractivity (Wildman–Crippen MR) is 65.6 cm³/mol. The van der Waals surface area contributed by atoms with E-state index in [1.165, 1.54) is 7.11 Å². The van der Waals surface area contributed by atoms with Crippen molar-refractivity contribution in [3.8, 4) is 0 Å². The second-order valence-corrected chi connectivity index (χ2v) is 4.01. The third-order valence-corrected chi connectivity index (χ3v) is 2.70. The first-order chi connectivity index (χ1) is 8.10. The number of carbonyl (C=O) groups excluding carboxylic acids is 1. The molecule has 0 aliphatic rings. The third-order valence-electron chi connectivity index (χ3n) is 2.70. The van der Waals surface area contributed by atoms with Gasteiger partial charge in [-0.15, -0.1) is 0 Å². The molecule has 2 atom stereocenters. The Labute approximate surface area is 101 Å². The van der Waals surface area contributed by atoms with Crippen LogP contribution in [0.1, 0.15) is 41.8 Å². The van der Waals surface area contributed by atoms with Crippen LogP contribution in [0.3, 0.4) is 0 Å². The molecule has 0 heterocycles. The highest BCUT2D eigenvalue weighted by molar-refractivity contribution is 5.89. The van der Waals surface area contributed by atoms with Crippen molar-refractivity contribution in [2.75, 3.05) is 7.11 Å². The van der Waals surface area contributed by atoms with E-state index in [1.807, 2.05) is 6.92 Å². The molecule has 3 N–H and O–H groups in total. The molecule has 4 heteroatoms. The molecular formula is C13H19NO3. The lowest BCUT2D eigenvalue weighted by Gasteiger charge is -2.18. The minimum Gasteiger partial charge on any atom is -0.465 e. The van der Waals surface area contributed by atoms with Gasteiger partial charge in [0, 0.05) is 6.04 Å². The number of esters is 1. The van der Waals surface area contributed by atoms with E-state index in [4.69, 9.17) is 5.73 Å². The van der Waals surface area contributed by atoms with E-state index in [0.29, 0.717) is 5.56 Å². The number of nitrogens with two attached hydrogens (primary N) is 1. The number of rotatable bonds is 5. The summed E-state index contributed by atoms with van der Waals surface area (Å²) in [6, 6.07) is 6.38. The van der Waals surface area contributed by atoms with Gasteiger partial charge in [-0.1, -0.05) is 25.5 Å². The van der Waals surface area contributed by atoms with Crippen molar-refractivity contribution in [1.29, 1.82) is 0 Å². The number of ether oxygens (including phenoxy) is 1. The highest BCUT2D eigenvalue weighted by Crippen LogP contribution is 2.19. The molecule has 1 aromatic carbocycles. The van der Waals surface area contributed by atoms with E-state index in [2.05, 4.69) is 4.74 Å². The topological polar surface area (TPSA) is 72.5 Å². The average molecular weight is 237 g/mol. The maximum absolute atomic E-state index is 11.2. The standard InChI is InChI=1S/C13H19NO3/c1-3-4-11(14)12(15)9-5-7-10(8-6-9)13(16)17-2/h5-8,11-12,15H,3-4,14H2,1-2H3. The lowest BCUT2D eigenvalue weighted by molar-refractivity contribution is 0.0600. The first kappa shape index (κ1) is 13.7. The van der Waals surface area contributed by atoms with Crippen molar-refractivity contribution in [3.63, 3.8) is 0 Å². The maximum Gasteiger partial charge on any atom is 0.337 e. The van der Waals surface area contributed by atoms with Gasteiger partial charge in [-0.25, -0.2) is 4.79 Å². The lowest BCUT2D eigenvalue weighted by Crippen LogP contribution is -2.28. The Morgan fingerprint density at radius 1 is 1.41 bits per heavy atom. The molecule has 0 aliphatic carbocycles. The zero-order valence-corrected chi connectivity index (χ0v) is 10.2. The second kappa shape index (κ2) is 6.37. The quantitative estimate of drug-likeness (QED) is 0.763. The fraction of sp³-hybridized carbons (Fsp3) is 0.462. The molecule has 0 spiro atoms.